The molecule has 2 amide bonds. The topological polar surface area (TPSA) is 86.9 Å². The van der Waals surface area contributed by atoms with Gasteiger partial charge in [-0.15, -0.1) is 0 Å². The standard InChI is InChI=1S/C23H19ClN4O2/c1-14(25-23(30)16-6-10-17(24)11-7-16)22(29)26-18-12-8-15(9-13-18)21-27-19-4-2-3-5-20(19)28-21/h2-14H,1H3,(H,25,30)(H,26,29)(H,27,28). The lowest BCUT2D eigenvalue weighted by molar-refractivity contribution is -0.117. The lowest BCUT2D eigenvalue weighted by atomic mass is 10.2. The largest absolute Gasteiger partial charge is 0.341 e. The van der Waals surface area contributed by atoms with Crippen molar-refractivity contribution in [3.05, 3.63) is 83.4 Å². The number of H-pyrrole nitrogens is 1. The van der Waals surface area contributed by atoms with Gasteiger partial charge in [-0.2, -0.15) is 0 Å². The molecule has 1 heterocycles. The molecule has 1 aromatic heterocycles. The van der Waals surface area contributed by atoms with E-state index >= 15 is 0 Å². The number of para-hydroxylation sites is 2. The summed E-state index contributed by atoms with van der Waals surface area (Å²) in [4.78, 5) is 32.5. The number of hydrogen-bond acceptors (Lipinski definition) is 3. The van der Waals surface area contributed by atoms with Crippen LogP contribution in [0.15, 0.2) is 72.8 Å². The van der Waals surface area contributed by atoms with Gasteiger partial charge in [-0.05, 0) is 67.6 Å². The number of imidazole rings is 1. The van der Waals surface area contributed by atoms with Crippen LogP contribution in [0.1, 0.15) is 17.3 Å². The average molecular weight is 419 g/mol. The summed E-state index contributed by atoms with van der Waals surface area (Å²) in [5.74, 6) is 0.112. The maximum Gasteiger partial charge on any atom is 0.251 e. The minimum atomic E-state index is -0.705. The highest BCUT2D eigenvalue weighted by Gasteiger charge is 2.17. The highest BCUT2D eigenvalue weighted by molar-refractivity contribution is 6.30. The normalized spacial score (nSPS) is 11.8. The van der Waals surface area contributed by atoms with E-state index in [-0.39, 0.29) is 11.8 Å². The highest BCUT2D eigenvalue weighted by atomic mass is 35.5. The maximum atomic E-state index is 12.4. The van der Waals surface area contributed by atoms with Crippen LogP contribution in [0.25, 0.3) is 22.4 Å². The number of aromatic amines is 1. The number of aromatic nitrogens is 2. The van der Waals surface area contributed by atoms with Gasteiger partial charge in [0, 0.05) is 21.8 Å². The molecule has 0 radical (unpaired) electrons. The molecule has 0 saturated heterocycles. The van der Waals surface area contributed by atoms with Gasteiger partial charge in [0.05, 0.1) is 11.0 Å². The number of fused-ring (bicyclic) bond motifs is 1. The molecule has 6 nitrogen and oxygen atoms in total. The first-order chi connectivity index (χ1) is 14.5. The number of amides is 2. The van der Waals surface area contributed by atoms with Crippen LogP contribution in [0.5, 0.6) is 0 Å². The summed E-state index contributed by atoms with van der Waals surface area (Å²) < 4.78 is 0. The SMILES string of the molecule is CC(NC(=O)c1ccc(Cl)cc1)C(=O)Nc1ccc(-c2nc3ccccc3[nH]2)cc1. The quantitative estimate of drug-likeness (QED) is 0.441. The lowest BCUT2D eigenvalue weighted by Gasteiger charge is -2.14. The van der Waals surface area contributed by atoms with Crippen molar-refractivity contribution in [3.63, 3.8) is 0 Å². The third kappa shape index (κ3) is 4.34. The van der Waals surface area contributed by atoms with E-state index in [0.29, 0.717) is 16.3 Å². The zero-order valence-corrected chi connectivity index (χ0v) is 16.9. The molecular formula is C23H19ClN4O2. The summed E-state index contributed by atoms with van der Waals surface area (Å²) in [6.45, 7) is 1.63. The minimum absolute atomic E-state index is 0.311. The smallest absolute Gasteiger partial charge is 0.251 e. The molecule has 0 spiro atoms. The number of nitrogens with one attached hydrogen (secondary N) is 3. The van der Waals surface area contributed by atoms with E-state index in [1.165, 1.54) is 0 Å². The molecule has 0 aliphatic rings. The molecule has 3 aromatic carbocycles. The van der Waals surface area contributed by atoms with Crippen LogP contribution >= 0.6 is 11.6 Å². The van der Waals surface area contributed by atoms with Crippen LogP contribution in [-0.4, -0.2) is 27.8 Å². The number of hydrogen-bond donors (Lipinski definition) is 3. The monoisotopic (exact) mass is 418 g/mol. The lowest BCUT2D eigenvalue weighted by Crippen LogP contribution is -2.41. The van der Waals surface area contributed by atoms with Gasteiger partial charge >= 0.3 is 0 Å². The Kier molecular flexibility index (Phi) is 5.50. The molecule has 150 valence electrons. The second kappa shape index (κ2) is 8.39. The third-order valence-corrected chi connectivity index (χ3v) is 4.91. The van der Waals surface area contributed by atoms with Crippen LogP contribution in [0.3, 0.4) is 0 Å². The van der Waals surface area contributed by atoms with Crippen LogP contribution < -0.4 is 10.6 Å². The van der Waals surface area contributed by atoms with E-state index in [1.807, 2.05) is 36.4 Å². The van der Waals surface area contributed by atoms with Crippen molar-refractivity contribution in [3.8, 4) is 11.4 Å². The first-order valence-corrected chi connectivity index (χ1v) is 9.80. The molecule has 0 fully saturated rings. The Balaban J connectivity index is 1.39. The second-order valence-corrected chi connectivity index (χ2v) is 7.31. The van der Waals surface area contributed by atoms with E-state index in [0.717, 1.165) is 22.4 Å². The third-order valence-electron chi connectivity index (χ3n) is 4.66. The first kappa shape index (κ1) is 19.7. The van der Waals surface area contributed by atoms with Gasteiger partial charge in [0.15, 0.2) is 0 Å². The number of benzene rings is 3. The Bertz CT molecular complexity index is 1170. The second-order valence-electron chi connectivity index (χ2n) is 6.87. The van der Waals surface area contributed by atoms with Crippen molar-refractivity contribution in [2.75, 3.05) is 5.32 Å². The number of rotatable bonds is 5. The summed E-state index contributed by atoms with van der Waals surface area (Å²) in [6.07, 6.45) is 0. The molecule has 1 unspecified atom stereocenters. The van der Waals surface area contributed by atoms with Crippen molar-refractivity contribution in [1.82, 2.24) is 15.3 Å². The van der Waals surface area contributed by atoms with Gasteiger partial charge in [-0.25, -0.2) is 4.98 Å². The van der Waals surface area contributed by atoms with Gasteiger partial charge in [0.2, 0.25) is 5.91 Å². The molecular weight excluding hydrogens is 400 g/mol. The van der Waals surface area contributed by atoms with Crippen LogP contribution in [0.4, 0.5) is 5.69 Å². The Morgan fingerprint density at radius 1 is 0.967 bits per heavy atom. The van der Waals surface area contributed by atoms with E-state index in [4.69, 9.17) is 11.6 Å². The summed E-state index contributed by atoms with van der Waals surface area (Å²) in [6, 6.07) is 21.0. The summed E-state index contributed by atoms with van der Waals surface area (Å²) >= 11 is 5.83. The summed E-state index contributed by atoms with van der Waals surface area (Å²) in [5, 5.41) is 6.03. The van der Waals surface area contributed by atoms with Gasteiger partial charge in [-0.1, -0.05) is 23.7 Å². The van der Waals surface area contributed by atoms with E-state index in [1.54, 1.807) is 43.3 Å². The fraction of sp³-hybridized carbons (Fsp3) is 0.0870. The van der Waals surface area contributed by atoms with Crippen molar-refractivity contribution in [2.24, 2.45) is 0 Å². The first-order valence-electron chi connectivity index (χ1n) is 9.42. The molecule has 3 N–H and O–H groups in total. The van der Waals surface area contributed by atoms with Crippen molar-refractivity contribution >= 4 is 40.1 Å². The number of anilines is 1. The van der Waals surface area contributed by atoms with Gasteiger partial charge < -0.3 is 15.6 Å². The predicted molar refractivity (Wildman–Crippen MR) is 119 cm³/mol. The van der Waals surface area contributed by atoms with Gasteiger partial charge in [-0.3, -0.25) is 9.59 Å². The molecule has 0 aliphatic heterocycles. The van der Waals surface area contributed by atoms with E-state index in [9.17, 15) is 9.59 Å². The molecule has 0 bridgehead atoms. The zero-order valence-electron chi connectivity index (χ0n) is 16.1. The molecule has 30 heavy (non-hydrogen) atoms. The molecule has 0 aliphatic carbocycles. The zero-order chi connectivity index (χ0) is 21.1. The molecule has 0 saturated carbocycles. The van der Waals surface area contributed by atoms with Gasteiger partial charge in [0.25, 0.3) is 5.91 Å². The van der Waals surface area contributed by atoms with Gasteiger partial charge in [0.1, 0.15) is 11.9 Å². The summed E-state index contributed by atoms with van der Waals surface area (Å²) in [5.41, 5.74) is 3.85. The van der Waals surface area contributed by atoms with Crippen molar-refractivity contribution in [2.45, 2.75) is 13.0 Å². The predicted octanol–water partition coefficient (Wildman–Crippen LogP) is 4.64. The van der Waals surface area contributed by atoms with E-state index in [2.05, 4.69) is 20.6 Å². The Labute approximate surface area is 178 Å². The fourth-order valence-corrected chi connectivity index (χ4v) is 3.12. The van der Waals surface area contributed by atoms with Crippen LogP contribution in [0.2, 0.25) is 5.02 Å². The van der Waals surface area contributed by atoms with Crippen LogP contribution in [0, 0.1) is 0 Å². The molecule has 1 atom stereocenters. The van der Waals surface area contributed by atoms with Crippen LogP contribution in [-0.2, 0) is 4.79 Å². The molecule has 4 rings (SSSR count). The Morgan fingerprint density at radius 2 is 1.67 bits per heavy atom. The summed E-state index contributed by atoms with van der Waals surface area (Å²) in [7, 11) is 0. The van der Waals surface area contributed by atoms with Crippen molar-refractivity contribution in [1.29, 1.82) is 0 Å². The number of nitrogens with zero attached hydrogens (tertiary/aromatic N) is 1. The molecule has 4 aromatic rings. The molecule has 7 heteroatoms. The minimum Gasteiger partial charge on any atom is -0.341 e. The average Bonchev–Trinajstić information content (AvgIpc) is 3.19. The highest BCUT2D eigenvalue weighted by Crippen LogP contribution is 2.22. The number of carbonyl (C=O) groups excluding carboxylic acids is 2. The van der Waals surface area contributed by atoms with E-state index < -0.39 is 6.04 Å². The Morgan fingerprint density at radius 3 is 2.37 bits per heavy atom. The number of carbonyl (C=O) groups is 2. The van der Waals surface area contributed by atoms with Crippen molar-refractivity contribution < 1.29 is 9.59 Å². The maximum absolute atomic E-state index is 12.4. The number of halogens is 1. The Hall–Kier alpha value is -3.64. The fourth-order valence-electron chi connectivity index (χ4n) is 3.00.